The second-order valence-electron chi connectivity index (χ2n) is 7.42. The number of benzene rings is 3. The lowest BCUT2D eigenvalue weighted by Gasteiger charge is -2.34. The number of phenolic OH excluding ortho intramolecular Hbond substituents is 6. The smallest absolute Gasteiger partial charge is 0.338 e. The van der Waals surface area contributed by atoms with E-state index in [0.717, 1.165) is 18.2 Å². The molecule has 0 aliphatic carbocycles. The number of hydrogen-bond donors (Lipinski definition) is 6. The average molecular weight is 456 g/mol. The summed E-state index contributed by atoms with van der Waals surface area (Å²) in [7, 11) is 1.39. The highest BCUT2D eigenvalue weighted by Gasteiger charge is 2.37. The Labute approximate surface area is 187 Å². The summed E-state index contributed by atoms with van der Waals surface area (Å²) in [6.07, 6.45) is -1.99. The van der Waals surface area contributed by atoms with E-state index in [1.807, 2.05) is 0 Å². The van der Waals surface area contributed by atoms with E-state index in [0.29, 0.717) is 5.56 Å². The van der Waals surface area contributed by atoms with Gasteiger partial charge >= 0.3 is 5.97 Å². The van der Waals surface area contributed by atoms with Crippen molar-refractivity contribution in [2.24, 2.45) is 0 Å². The molecule has 0 radical (unpaired) electrons. The molecule has 0 bridgehead atoms. The maximum absolute atomic E-state index is 12.8. The van der Waals surface area contributed by atoms with E-state index >= 15 is 0 Å². The number of rotatable bonds is 4. The molecule has 10 heteroatoms. The summed E-state index contributed by atoms with van der Waals surface area (Å²) < 4.78 is 16.6. The molecule has 0 fully saturated rings. The number of aromatic hydroxyl groups is 6. The molecular formula is C23H20O10. The molecule has 1 aliphatic rings. The van der Waals surface area contributed by atoms with E-state index in [2.05, 4.69) is 0 Å². The first-order valence-corrected chi connectivity index (χ1v) is 9.72. The van der Waals surface area contributed by atoms with Crippen LogP contribution in [-0.2, 0) is 11.2 Å². The monoisotopic (exact) mass is 456 g/mol. The number of carbonyl (C=O) groups excluding carboxylic acids is 1. The lowest BCUT2D eigenvalue weighted by Crippen LogP contribution is -2.34. The molecule has 0 aromatic heterocycles. The van der Waals surface area contributed by atoms with Crippen molar-refractivity contribution < 1.29 is 49.6 Å². The van der Waals surface area contributed by atoms with Gasteiger partial charge in [-0.05, 0) is 24.3 Å². The predicted octanol–water partition coefficient (Wildman–Crippen LogP) is 2.83. The van der Waals surface area contributed by atoms with Crippen molar-refractivity contribution in [1.29, 1.82) is 0 Å². The van der Waals surface area contributed by atoms with Crippen LogP contribution in [-0.4, -0.2) is 49.8 Å². The average Bonchev–Trinajstić information content (AvgIpc) is 2.77. The van der Waals surface area contributed by atoms with E-state index in [-0.39, 0.29) is 46.3 Å². The Hall–Kier alpha value is -4.47. The van der Waals surface area contributed by atoms with Crippen LogP contribution < -0.4 is 9.47 Å². The molecule has 6 N–H and O–H groups in total. The Morgan fingerprint density at radius 3 is 2.24 bits per heavy atom. The fraction of sp³-hybridized carbons (Fsp3) is 0.174. The Morgan fingerprint density at radius 1 is 0.909 bits per heavy atom. The van der Waals surface area contributed by atoms with E-state index < -0.39 is 35.4 Å². The van der Waals surface area contributed by atoms with Gasteiger partial charge in [-0.25, -0.2) is 4.79 Å². The molecule has 1 heterocycles. The zero-order chi connectivity index (χ0) is 23.9. The Morgan fingerprint density at radius 2 is 1.61 bits per heavy atom. The summed E-state index contributed by atoms with van der Waals surface area (Å²) in [4.78, 5) is 12.8. The number of phenols is 6. The van der Waals surface area contributed by atoms with Crippen LogP contribution in [0.25, 0.3) is 0 Å². The van der Waals surface area contributed by atoms with E-state index in [1.165, 1.54) is 25.3 Å². The molecule has 0 unspecified atom stereocenters. The van der Waals surface area contributed by atoms with Gasteiger partial charge in [-0.1, -0.05) is 6.07 Å². The Balaban J connectivity index is 1.72. The second kappa shape index (κ2) is 8.23. The van der Waals surface area contributed by atoms with Gasteiger partial charge in [-0.15, -0.1) is 0 Å². The Bertz CT molecular complexity index is 1210. The minimum Gasteiger partial charge on any atom is -0.508 e. The number of ether oxygens (including phenoxy) is 3. The normalized spacial score (nSPS) is 17.0. The summed E-state index contributed by atoms with van der Waals surface area (Å²) in [5.74, 6) is -3.43. The van der Waals surface area contributed by atoms with Gasteiger partial charge in [0.05, 0.1) is 12.7 Å². The van der Waals surface area contributed by atoms with E-state index in [9.17, 15) is 35.4 Å². The fourth-order valence-electron chi connectivity index (χ4n) is 3.65. The van der Waals surface area contributed by atoms with Crippen molar-refractivity contribution in [3.63, 3.8) is 0 Å². The molecule has 33 heavy (non-hydrogen) atoms. The van der Waals surface area contributed by atoms with Crippen LogP contribution in [0.1, 0.15) is 27.6 Å². The molecule has 172 valence electrons. The van der Waals surface area contributed by atoms with Crippen molar-refractivity contribution in [3.8, 4) is 46.0 Å². The van der Waals surface area contributed by atoms with Gasteiger partial charge in [-0.3, -0.25) is 0 Å². The SMILES string of the molecule is COc1ccc([C@H]2Oc3cc(O)cc(O)c3C[C@H]2OC(=O)c2cc(O)c(O)c(O)c2)cc1O. The third kappa shape index (κ3) is 4.05. The molecule has 4 rings (SSSR count). The summed E-state index contributed by atoms with van der Waals surface area (Å²) in [6.45, 7) is 0. The molecule has 0 saturated carbocycles. The third-order valence-electron chi connectivity index (χ3n) is 5.26. The Kier molecular flexibility index (Phi) is 5.42. The first-order valence-electron chi connectivity index (χ1n) is 9.72. The quantitative estimate of drug-likeness (QED) is 0.254. The van der Waals surface area contributed by atoms with E-state index in [4.69, 9.17) is 14.2 Å². The van der Waals surface area contributed by atoms with Crippen molar-refractivity contribution in [3.05, 3.63) is 59.2 Å². The van der Waals surface area contributed by atoms with Crippen molar-refractivity contribution >= 4 is 5.97 Å². The van der Waals surface area contributed by atoms with E-state index in [1.54, 1.807) is 6.07 Å². The van der Waals surface area contributed by atoms with Crippen LogP contribution in [0.5, 0.6) is 46.0 Å². The standard InChI is InChI=1S/C23H20O10/c1-31-18-3-2-10(4-15(18)26)22-20(9-13-14(25)7-12(24)8-19(13)32-22)33-23(30)11-5-16(27)21(29)17(28)6-11/h2-8,20,22,24-29H,9H2,1H3/t20-,22-/m1/s1. The van der Waals surface area contributed by atoms with Gasteiger partial charge in [-0.2, -0.15) is 0 Å². The highest BCUT2D eigenvalue weighted by Crippen LogP contribution is 2.44. The third-order valence-corrected chi connectivity index (χ3v) is 5.26. The first kappa shape index (κ1) is 21.8. The largest absolute Gasteiger partial charge is 0.508 e. The molecule has 0 amide bonds. The molecule has 3 aromatic carbocycles. The molecule has 1 aliphatic heterocycles. The zero-order valence-electron chi connectivity index (χ0n) is 17.2. The number of methoxy groups -OCH3 is 1. The summed E-state index contributed by atoms with van der Waals surface area (Å²) in [6, 6.07) is 8.75. The maximum Gasteiger partial charge on any atom is 0.338 e. The van der Waals surface area contributed by atoms with Crippen LogP contribution in [0.15, 0.2) is 42.5 Å². The molecular weight excluding hydrogens is 436 g/mol. The zero-order valence-corrected chi connectivity index (χ0v) is 17.2. The van der Waals surface area contributed by atoms with Gasteiger partial charge in [0.1, 0.15) is 23.4 Å². The number of fused-ring (bicyclic) bond motifs is 1. The van der Waals surface area contributed by atoms with Crippen LogP contribution in [0, 0.1) is 0 Å². The van der Waals surface area contributed by atoms with Crippen LogP contribution >= 0.6 is 0 Å². The van der Waals surface area contributed by atoms with Gasteiger partial charge in [0, 0.05) is 29.7 Å². The number of carbonyl (C=O) groups is 1. The van der Waals surface area contributed by atoms with Crippen molar-refractivity contribution in [2.45, 2.75) is 18.6 Å². The van der Waals surface area contributed by atoms with Crippen LogP contribution in [0.4, 0.5) is 0 Å². The number of hydrogen-bond acceptors (Lipinski definition) is 10. The predicted molar refractivity (Wildman–Crippen MR) is 112 cm³/mol. The van der Waals surface area contributed by atoms with Crippen LogP contribution in [0.2, 0.25) is 0 Å². The molecule has 10 nitrogen and oxygen atoms in total. The van der Waals surface area contributed by atoms with Crippen molar-refractivity contribution in [2.75, 3.05) is 7.11 Å². The highest BCUT2D eigenvalue weighted by atomic mass is 16.6. The molecule has 3 aromatic rings. The lowest BCUT2D eigenvalue weighted by atomic mass is 9.93. The summed E-state index contributed by atoms with van der Waals surface area (Å²) in [5, 5.41) is 59.2. The minimum atomic E-state index is -1.02. The molecule has 0 spiro atoms. The van der Waals surface area contributed by atoms with Crippen molar-refractivity contribution in [1.82, 2.24) is 0 Å². The maximum atomic E-state index is 12.8. The minimum absolute atomic E-state index is 0.0132. The van der Waals surface area contributed by atoms with Gasteiger partial charge < -0.3 is 44.8 Å². The van der Waals surface area contributed by atoms with Gasteiger partial charge in [0.15, 0.2) is 34.9 Å². The first-order chi connectivity index (χ1) is 15.7. The van der Waals surface area contributed by atoms with Crippen LogP contribution in [0.3, 0.4) is 0 Å². The highest BCUT2D eigenvalue weighted by molar-refractivity contribution is 5.91. The topological polar surface area (TPSA) is 166 Å². The van der Waals surface area contributed by atoms with Gasteiger partial charge in [0.2, 0.25) is 0 Å². The van der Waals surface area contributed by atoms with Gasteiger partial charge in [0.25, 0.3) is 0 Å². The molecule has 2 atom stereocenters. The molecule has 0 saturated heterocycles. The fourth-order valence-corrected chi connectivity index (χ4v) is 3.65. The lowest BCUT2D eigenvalue weighted by molar-refractivity contribution is -0.0189. The second-order valence-corrected chi connectivity index (χ2v) is 7.42. The summed E-state index contributed by atoms with van der Waals surface area (Å²) in [5.41, 5.74) is 0.465. The summed E-state index contributed by atoms with van der Waals surface area (Å²) >= 11 is 0. The number of esters is 1.